The van der Waals surface area contributed by atoms with E-state index in [0.29, 0.717) is 6.54 Å². The van der Waals surface area contributed by atoms with Gasteiger partial charge in [-0.3, -0.25) is 10.1 Å². The lowest BCUT2D eigenvalue weighted by molar-refractivity contribution is -0.121. The summed E-state index contributed by atoms with van der Waals surface area (Å²) in [4.78, 5) is 24.9. The first-order valence-corrected chi connectivity index (χ1v) is 9.75. The van der Waals surface area contributed by atoms with Crippen LogP contribution in [-0.2, 0) is 11.3 Å². The van der Waals surface area contributed by atoms with Gasteiger partial charge in [0.1, 0.15) is 5.75 Å². The average Bonchev–Trinajstić information content (AvgIpc) is 2.78. The van der Waals surface area contributed by atoms with Gasteiger partial charge in [-0.05, 0) is 35.7 Å². The molecule has 0 bridgehead atoms. The van der Waals surface area contributed by atoms with Gasteiger partial charge in [0.15, 0.2) is 0 Å². The zero-order valence-corrected chi connectivity index (χ0v) is 16.7. The van der Waals surface area contributed by atoms with Crippen molar-refractivity contribution in [1.29, 1.82) is 0 Å². The maximum Gasteiger partial charge on any atom is 0.322 e. The normalized spacial score (nSPS) is 11.7. The molecule has 0 fully saturated rings. The summed E-state index contributed by atoms with van der Waals surface area (Å²) in [6.07, 6.45) is 0. The quantitative estimate of drug-likeness (QED) is 0.486. The van der Waals surface area contributed by atoms with Crippen molar-refractivity contribution in [3.63, 3.8) is 0 Å². The fourth-order valence-corrected chi connectivity index (χ4v) is 3.01. The van der Waals surface area contributed by atoms with Crippen LogP contribution < -0.4 is 16.0 Å². The van der Waals surface area contributed by atoms with Gasteiger partial charge in [0, 0.05) is 6.54 Å². The van der Waals surface area contributed by atoms with E-state index in [4.69, 9.17) is 0 Å². The van der Waals surface area contributed by atoms with Gasteiger partial charge in [0.25, 0.3) is 0 Å². The van der Waals surface area contributed by atoms with E-state index in [1.54, 1.807) is 31.2 Å². The molecule has 0 radical (unpaired) electrons. The lowest BCUT2D eigenvalue weighted by Gasteiger charge is -2.21. The molecule has 4 N–H and O–H groups in total. The third-order valence-corrected chi connectivity index (χ3v) is 4.72. The second-order valence-corrected chi connectivity index (χ2v) is 6.99. The Morgan fingerprint density at radius 2 is 1.37 bits per heavy atom. The zero-order valence-electron chi connectivity index (χ0n) is 16.7. The topological polar surface area (TPSA) is 90.5 Å². The standard InChI is InChI=1S/C24H25N3O3/c1-17(25-16-18-12-14-21(28)15-13-18)23(29)27-24(30)26-22(19-8-4-2-5-9-19)20-10-6-3-7-11-20/h2-15,17,22,25,28H,16H2,1H3,(H2,26,27,29,30)/t17-/m0/s1. The number of aromatic hydroxyl groups is 1. The Balaban J connectivity index is 1.59. The second kappa shape index (κ2) is 10.2. The van der Waals surface area contributed by atoms with Gasteiger partial charge in [-0.1, -0.05) is 72.8 Å². The summed E-state index contributed by atoms with van der Waals surface area (Å²) in [6, 6.07) is 24.4. The molecule has 3 rings (SSSR count). The third-order valence-electron chi connectivity index (χ3n) is 4.72. The minimum absolute atomic E-state index is 0.188. The average molecular weight is 403 g/mol. The highest BCUT2D eigenvalue weighted by Gasteiger charge is 2.20. The minimum Gasteiger partial charge on any atom is -0.508 e. The van der Waals surface area contributed by atoms with Crippen molar-refractivity contribution < 1.29 is 14.7 Å². The molecule has 0 aliphatic carbocycles. The molecule has 0 aliphatic rings. The number of phenolic OH excluding ortho intramolecular Hbond substituents is 1. The van der Waals surface area contributed by atoms with Crippen molar-refractivity contribution in [2.75, 3.05) is 0 Å². The molecule has 0 unspecified atom stereocenters. The predicted octanol–water partition coefficient (Wildman–Crippen LogP) is 3.49. The van der Waals surface area contributed by atoms with Gasteiger partial charge in [-0.15, -0.1) is 0 Å². The second-order valence-electron chi connectivity index (χ2n) is 6.99. The summed E-state index contributed by atoms with van der Waals surface area (Å²) < 4.78 is 0. The van der Waals surface area contributed by atoms with E-state index in [9.17, 15) is 14.7 Å². The van der Waals surface area contributed by atoms with E-state index in [-0.39, 0.29) is 11.8 Å². The molecular weight excluding hydrogens is 378 g/mol. The number of carbonyl (C=O) groups is 2. The van der Waals surface area contributed by atoms with Crippen LogP contribution in [0.25, 0.3) is 0 Å². The molecule has 0 aliphatic heterocycles. The molecular formula is C24H25N3O3. The highest BCUT2D eigenvalue weighted by Crippen LogP contribution is 2.21. The van der Waals surface area contributed by atoms with Gasteiger partial charge in [-0.25, -0.2) is 4.79 Å². The van der Waals surface area contributed by atoms with Crippen LogP contribution in [-0.4, -0.2) is 23.1 Å². The summed E-state index contributed by atoms with van der Waals surface area (Å²) in [7, 11) is 0. The van der Waals surface area contributed by atoms with Gasteiger partial charge in [0.05, 0.1) is 12.1 Å². The summed E-state index contributed by atoms with van der Waals surface area (Å²) in [6.45, 7) is 2.13. The van der Waals surface area contributed by atoms with Gasteiger partial charge >= 0.3 is 6.03 Å². The van der Waals surface area contributed by atoms with Crippen LogP contribution >= 0.6 is 0 Å². The van der Waals surface area contributed by atoms with E-state index in [2.05, 4.69) is 16.0 Å². The number of hydrogen-bond donors (Lipinski definition) is 4. The van der Waals surface area contributed by atoms with E-state index < -0.39 is 18.0 Å². The Morgan fingerprint density at radius 1 is 0.833 bits per heavy atom. The summed E-state index contributed by atoms with van der Waals surface area (Å²) >= 11 is 0. The lowest BCUT2D eigenvalue weighted by atomic mass is 9.99. The molecule has 1 atom stereocenters. The molecule has 0 saturated carbocycles. The summed E-state index contributed by atoms with van der Waals surface area (Å²) in [5.74, 6) is -0.237. The van der Waals surface area contributed by atoms with Crippen LogP contribution in [0.4, 0.5) is 4.79 Å². The van der Waals surface area contributed by atoms with Gasteiger partial charge in [-0.2, -0.15) is 0 Å². The number of amides is 3. The minimum atomic E-state index is -0.573. The molecule has 154 valence electrons. The number of benzene rings is 3. The molecule has 0 heterocycles. The zero-order chi connectivity index (χ0) is 21.3. The van der Waals surface area contributed by atoms with E-state index in [1.165, 1.54) is 0 Å². The molecule has 0 saturated heterocycles. The fourth-order valence-electron chi connectivity index (χ4n) is 3.01. The number of phenols is 1. The molecule has 30 heavy (non-hydrogen) atoms. The molecule has 6 nitrogen and oxygen atoms in total. The first-order chi connectivity index (χ1) is 14.5. The monoisotopic (exact) mass is 403 g/mol. The van der Waals surface area contributed by atoms with Gasteiger partial charge < -0.3 is 15.7 Å². The maximum atomic E-state index is 12.5. The van der Waals surface area contributed by atoms with Crippen molar-refractivity contribution in [2.24, 2.45) is 0 Å². The largest absolute Gasteiger partial charge is 0.508 e. The first kappa shape index (κ1) is 21.1. The van der Waals surface area contributed by atoms with Crippen LogP contribution in [0.2, 0.25) is 0 Å². The van der Waals surface area contributed by atoms with Crippen molar-refractivity contribution >= 4 is 11.9 Å². The molecule has 6 heteroatoms. The number of urea groups is 1. The Bertz CT molecular complexity index is 921. The Labute approximate surface area is 176 Å². The Morgan fingerprint density at radius 3 is 1.90 bits per heavy atom. The molecule has 3 aromatic carbocycles. The van der Waals surface area contributed by atoms with Gasteiger partial charge in [0.2, 0.25) is 5.91 Å². The van der Waals surface area contributed by atoms with E-state index in [0.717, 1.165) is 16.7 Å². The van der Waals surface area contributed by atoms with E-state index >= 15 is 0 Å². The van der Waals surface area contributed by atoms with Crippen LogP contribution in [0.15, 0.2) is 84.9 Å². The number of hydrogen-bond acceptors (Lipinski definition) is 4. The van der Waals surface area contributed by atoms with Crippen molar-refractivity contribution in [3.8, 4) is 5.75 Å². The van der Waals surface area contributed by atoms with Crippen molar-refractivity contribution in [1.82, 2.24) is 16.0 Å². The van der Waals surface area contributed by atoms with Crippen molar-refractivity contribution in [3.05, 3.63) is 102 Å². The third kappa shape index (κ3) is 5.93. The summed E-state index contributed by atoms with van der Waals surface area (Å²) in [5, 5.41) is 17.7. The number of imide groups is 1. The number of rotatable bonds is 7. The van der Waals surface area contributed by atoms with Crippen LogP contribution in [0.3, 0.4) is 0 Å². The van der Waals surface area contributed by atoms with Crippen LogP contribution in [0.5, 0.6) is 5.75 Å². The fraction of sp³-hybridized carbons (Fsp3) is 0.167. The molecule has 3 amide bonds. The van der Waals surface area contributed by atoms with E-state index in [1.807, 2.05) is 60.7 Å². The highest BCUT2D eigenvalue weighted by molar-refractivity contribution is 5.97. The van der Waals surface area contributed by atoms with Crippen LogP contribution in [0.1, 0.15) is 29.7 Å². The molecule has 0 aromatic heterocycles. The smallest absolute Gasteiger partial charge is 0.322 e. The molecule has 3 aromatic rings. The highest BCUT2D eigenvalue weighted by atomic mass is 16.3. The number of carbonyl (C=O) groups excluding carboxylic acids is 2. The SMILES string of the molecule is C[C@H](NCc1ccc(O)cc1)C(=O)NC(=O)NC(c1ccccc1)c1ccccc1. The van der Waals surface area contributed by atoms with Crippen LogP contribution in [0, 0.1) is 0 Å². The maximum absolute atomic E-state index is 12.5. The Hall–Kier alpha value is -3.64. The summed E-state index contributed by atoms with van der Waals surface area (Å²) in [5.41, 5.74) is 2.76. The number of nitrogens with one attached hydrogen (secondary N) is 3. The lowest BCUT2D eigenvalue weighted by Crippen LogP contribution is -2.48. The Kier molecular flexibility index (Phi) is 7.19. The first-order valence-electron chi connectivity index (χ1n) is 9.75. The predicted molar refractivity (Wildman–Crippen MR) is 116 cm³/mol. The molecule has 0 spiro atoms. The van der Waals surface area contributed by atoms with Crippen molar-refractivity contribution in [2.45, 2.75) is 25.6 Å².